The third-order valence-electron chi connectivity index (χ3n) is 2.22. The molecule has 0 saturated heterocycles. The number of unbranched alkanes of at least 4 members (excludes halogenated alkanes) is 1. The van der Waals surface area contributed by atoms with Crippen LogP contribution in [0.1, 0.15) is 46.9 Å². The van der Waals surface area contributed by atoms with E-state index in [1.165, 1.54) is 6.07 Å². The second-order valence-corrected chi connectivity index (χ2v) is 3.38. The molecule has 0 amide bonds. The van der Waals surface area contributed by atoms with Crippen LogP contribution in [-0.4, -0.2) is 16.9 Å². The molecule has 0 radical (unpaired) electrons. The van der Waals surface area contributed by atoms with Gasteiger partial charge in [0.05, 0.1) is 5.56 Å². The fraction of sp³-hybridized carbons (Fsp3) is 0.333. The van der Waals surface area contributed by atoms with Gasteiger partial charge in [-0.25, -0.2) is 4.79 Å². The molecule has 1 N–H and O–H groups in total. The van der Waals surface area contributed by atoms with Crippen molar-refractivity contribution in [1.82, 2.24) is 0 Å². The Morgan fingerprint density at radius 3 is 2.33 bits per heavy atom. The fourth-order valence-electron chi connectivity index (χ4n) is 1.38. The van der Waals surface area contributed by atoms with Crippen molar-refractivity contribution in [3.63, 3.8) is 0 Å². The van der Waals surface area contributed by atoms with E-state index in [1.54, 1.807) is 18.2 Å². The SMILES string of the molecule is CCCCC(=O)c1ccccc1C(=O)O. The molecule has 0 bridgehead atoms. The lowest BCUT2D eigenvalue weighted by atomic mass is 10.0. The molecule has 0 aromatic heterocycles. The summed E-state index contributed by atoms with van der Waals surface area (Å²) in [6, 6.07) is 6.34. The maximum absolute atomic E-state index is 11.7. The van der Waals surface area contributed by atoms with Gasteiger partial charge in [0, 0.05) is 12.0 Å². The van der Waals surface area contributed by atoms with Gasteiger partial charge in [-0.05, 0) is 12.5 Å². The standard InChI is InChI=1S/C12H14O3/c1-2-3-8-11(13)9-6-4-5-7-10(9)12(14)15/h4-7H,2-3,8H2,1H3,(H,14,15). The Morgan fingerprint density at radius 2 is 1.80 bits per heavy atom. The Morgan fingerprint density at radius 1 is 1.20 bits per heavy atom. The summed E-state index contributed by atoms with van der Waals surface area (Å²) in [5.74, 6) is -1.13. The number of carboxylic acid groups (broad SMARTS) is 1. The highest BCUT2D eigenvalue weighted by Gasteiger charge is 2.14. The number of ketones is 1. The van der Waals surface area contributed by atoms with E-state index in [9.17, 15) is 9.59 Å². The maximum atomic E-state index is 11.7. The van der Waals surface area contributed by atoms with Gasteiger partial charge >= 0.3 is 5.97 Å². The minimum atomic E-state index is -1.05. The molecular formula is C12H14O3. The van der Waals surface area contributed by atoms with Crippen LogP contribution < -0.4 is 0 Å². The van der Waals surface area contributed by atoms with Gasteiger partial charge in [0.2, 0.25) is 0 Å². The Bertz CT molecular complexity index is 369. The minimum absolute atomic E-state index is 0.0881. The lowest BCUT2D eigenvalue weighted by Crippen LogP contribution is -2.08. The van der Waals surface area contributed by atoms with Gasteiger partial charge in [0.1, 0.15) is 0 Å². The number of carboxylic acids is 1. The van der Waals surface area contributed by atoms with E-state index in [2.05, 4.69) is 0 Å². The number of Topliss-reactive ketones (excluding diaryl/α,β-unsaturated/α-hetero) is 1. The molecule has 0 aliphatic carbocycles. The smallest absolute Gasteiger partial charge is 0.336 e. The molecule has 80 valence electrons. The van der Waals surface area contributed by atoms with Crippen molar-refractivity contribution in [1.29, 1.82) is 0 Å². The van der Waals surface area contributed by atoms with Crippen molar-refractivity contribution >= 4 is 11.8 Å². The maximum Gasteiger partial charge on any atom is 0.336 e. The van der Waals surface area contributed by atoms with Crippen LogP contribution in [0.5, 0.6) is 0 Å². The van der Waals surface area contributed by atoms with Crippen molar-refractivity contribution in [2.45, 2.75) is 26.2 Å². The molecule has 0 spiro atoms. The van der Waals surface area contributed by atoms with Crippen LogP contribution in [0.3, 0.4) is 0 Å². The van der Waals surface area contributed by atoms with Crippen molar-refractivity contribution in [3.8, 4) is 0 Å². The number of hydrogen-bond acceptors (Lipinski definition) is 2. The van der Waals surface area contributed by atoms with Gasteiger partial charge < -0.3 is 5.11 Å². The first kappa shape index (κ1) is 11.4. The first-order chi connectivity index (χ1) is 7.16. The van der Waals surface area contributed by atoms with E-state index < -0.39 is 5.97 Å². The summed E-state index contributed by atoms with van der Waals surface area (Å²) in [4.78, 5) is 22.5. The van der Waals surface area contributed by atoms with Crippen LogP contribution in [0, 0.1) is 0 Å². The zero-order valence-electron chi connectivity index (χ0n) is 8.69. The molecule has 15 heavy (non-hydrogen) atoms. The van der Waals surface area contributed by atoms with E-state index in [1.807, 2.05) is 6.92 Å². The second kappa shape index (κ2) is 5.29. The normalized spacial score (nSPS) is 9.93. The summed E-state index contributed by atoms with van der Waals surface area (Å²) in [6.45, 7) is 2.00. The molecule has 1 rings (SSSR count). The molecule has 0 fully saturated rings. The number of rotatable bonds is 5. The topological polar surface area (TPSA) is 54.4 Å². The monoisotopic (exact) mass is 206 g/mol. The summed E-state index contributed by atoms with van der Waals surface area (Å²) in [6.07, 6.45) is 2.15. The Balaban J connectivity index is 2.92. The molecule has 3 heteroatoms. The van der Waals surface area contributed by atoms with Crippen LogP contribution in [0.4, 0.5) is 0 Å². The predicted octanol–water partition coefficient (Wildman–Crippen LogP) is 2.76. The van der Waals surface area contributed by atoms with E-state index in [4.69, 9.17) is 5.11 Å². The van der Waals surface area contributed by atoms with Crippen LogP contribution in [0.15, 0.2) is 24.3 Å². The summed E-state index contributed by atoms with van der Waals surface area (Å²) < 4.78 is 0. The minimum Gasteiger partial charge on any atom is -0.478 e. The van der Waals surface area contributed by atoms with Crippen molar-refractivity contribution < 1.29 is 14.7 Å². The van der Waals surface area contributed by atoms with Crippen molar-refractivity contribution in [2.24, 2.45) is 0 Å². The lowest BCUT2D eigenvalue weighted by Gasteiger charge is -2.03. The summed E-state index contributed by atoms with van der Waals surface area (Å²) >= 11 is 0. The number of benzene rings is 1. The van der Waals surface area contributed by atoms with E-state index in [-0.39, 0.29) is 11.3 Å². The molecule has 0 aliphatic rings. The Kier molecular flexibility index (Phi) is 4.03. The summed E-state index contributed by atoms with van der Waals surface area (Å²) in [5, 5.41) is 8.89. The molecule has 0 atom stereocenters. The van der Waals surface area contributed by atoms with Crippen LogP contribution in [0.2, 0.25) is 0 Å². The average molecular weight is 206 g/mol. The molecule has 1 aromatic carbocycles. The van der Waals surface area contributed by atoms with Crippen molar-refractivity contribution in [2.75, 3.05) is 0 Å². The van der Waals surface area contributed by atoms with Crippen LogP contribution in [-0.2, 0) is 0 Å². The zero-order valence-corrected chi connectivity index (χ0v) is 8.69. The summed E-state index contributed by atoms with van der Waals surface area (Å²) in [7, 11) is 0. The quantitative estimate of drug-likeness (QED) is 0.753. The van der Waals surface area contributed by atoms with Gasteiger partial charge in [-0.2, -0.15) is 0 Å². The number of carbonyl (C=O) groups excluding carboxylic acids is 1. The van der Waals surface area contributed by atoms with E-state index in [0.717, 1.165) is 12.8 Å². The van der Waals surface area contributed by atoms with Gasteiger partial charge in [-0.1, -0.05) is 31.5 Å². The molecule has 0 heterocycles. The largest absolute Gasteiger partial charge is 0.478 e. The highest BCUT2D eigenvalue weighted by molar-refractivity contribution is 6.05. The molecule has 0 saturated carbocycles. The zero-order chi connectivity index (χ0) is 11.3. The molecule has 1 aromatic rings. The molecule has 0 unspecified atom stereocenters. The second-order valence-electron chi connectivity index (χ2n) is 3.38. The van der Waals surface area contributed by atoms with Crippen molar-refractivity contribution in [3.05, 3.63) is 35.4 Å². The van der Waals surface area contributed by atoms with E-state index >= 15 is 0 Å². The predicted molar refractivity (Wildman–Crippen MR) is 57.3 cm³/mol. The Labute approximate surface area is 88.7 Å². The summed E-state index contributed by atoms with van der Waals surface area (Å²) in [5.41, 5.74) is 0.414. The number of carbonyl (C=O) groups is 2. The number of aromatic carboxylic acids is 1. The van der Waals surface area contributed by atoms with Crippen LogP contribution in [0.25, 0.3) is 0 Å². The van der Waals surface area contributed by atoms with Gasteiger partial charge in [-0.3, -0.25) is 4.79 Å². The van der Waals surface area contributed by atoms with Gasteiger partial charge in [-0.15, -0.1) is 0 Å². The van der Waals surface area contributed by atoms with Gasteiger partial charge in [0.15, 0.2) is 5.78 Å². The highest BCUT2D eigenvalue weighted by atomic mass is 16.4. The third kappa shape index (κ3) is 2.91. The fourth-order valence-corrected chi connectivity index (χ4v) is 1.38. The molecule has 3 nitrogen and oxygen atoms in total. The number of hydrogen-bond donors (Lipinski definition) is 1. The lowest BCUT2D eigenvalue weighted by molar-refractivity contribution is 0.0691. The third-order valence-corrected chi connectivity index (χ3v) is 2.22. The Hall–Kier alpha value is -1.64. The average Bonchev–Trinajstić information content (AvgIpc) is 2.25. The first-order valence-electron chi connectivity index (χ1n) is 5.02. The first-order valence-corrected chi connectivity index (χ1v) is 5.02. The van der Waals surface area contributed by atoms with Gasteiger partial charge in [0.25, 0.3) is 0 Å². The molecule has 0 aliphatic heterocycles. The highest BCUT2D eigenvalue weighted by Crippen LogP contribution is 2.12. The molecular weight excluding hydrogens is 192 g/mol. The van der Waals surface area contributed by atoms with E-state index in [0.29, 0.717) is 12.0 Å². The van der Waals surface area contributed by atoms with Crippen LogP contribution >= 0.6 is 0 Å².